The number of aromatic amines is 1. The van der Waals surface area contributed by atoms with E-state index in [0.29, 0.717) is 29.0 Å². The number of aromatic nitrogens is 1. The molecule has 1 unspecified atom stereocenters. The molecule has 7 heteroatoms. The maximum atomic E-state index is 13.4. The van der Waals surface area contributed by atoms with Gasteiger partial charge in [0.2, 0.25) is 0 Å². The number of Topliss-reactive ketones (excluding diaryl/α,β-unsaturated/α-hetero) is 1. The number of benzene rings is 3. The predicted octanol–water partition coefficient (Wildman–Crippen LogP) is 5.16. The Balaban J connectivity index is 1.61. The summed E-state index contributed by atoms with van der Waals surface area (Å²) in [5, 5.41) is 12.4. The number of rotatable bonds is 7. The van der Waals surface area contributed by atoms with Crippen molar-refractivity contribution in [2.24, 2.45) is 0 Å². The van der Waals surface area contributed by atoms with Gasteiger partial charge in [0.15, 0.2) is 0 Å². The van der Waals surface area contributed by atoms with Crippen molar-refractivity contribution >= 4 is 28.4 Å². The molecule has 37 heavy (non-hydrogen) atoms. The first kappa shape index (κ1) is 24.2. The zero-order valence-electron chi connectivity index (χ0n) is 20.9. The van der Waals surface area contributed by atoms with Crippen molar-refractivity contribution < 1.29 is 24.2 Å². The fourth-order valence-electron chi connectivity index (χ4n) is 4.92. The van der Waals surface area contributed by atoms with Gasteiger partial charge in [-0.2, -0.15) is 0 Å². The fourth-order valence-corrected chi connectivity index (χ4v) is 4.92. The Kier molecular flexibility index (Phi) is 6.44. The first-order chi connectivity index (χ1) is 17.9. The summed E-state index contributed by atoms with van der Waals surface area (Å²) >= 11 is 0. The average Bonchev–Trinajstić information content (AvgIpc) is 3.45. The number of ether oxygens (including phenoxy) is 2. The number of likely N-dealkylation sites (tertiary alicyclic amines) is 1. The SMILES string of the molecule is COc1ccc(C2/C(=C(/O)c3ccc(C)cc3)C(=O)C(=O)N2CCc2c[nH]c3ccccc23)c(OC)c1. The highest BCUT2D eigenvalue weighted by Crippen LogP contribution is 2.43. The Labute approximate surface area is 214 Å². The highest BCUT2D eigenvalue weighted by Gasteiger charge is 2.47. The first-order valence-corrected chi connectivity index (χ1v) is 12.0. The molecule has 2 heterocycles. The van der Waals surface area contributed by atoms with Crippen molar-refractivity contribution in [3.05, 3.63) is 101 Å². The number of nitrogens with one attached hydrogen (secondary N) is 1. The molecule has 2 N–H and O–H groups in total. The molecule has 0 spiro atoms. The summed E-state index contributed by atoms with van der Waals surface area (Å²) in [6.07, 6.45) is 2.45. The third kappa shape index (κ3) is 4.33. The van der Waals surface area contributed by atoms with Crippen molar-refractivity contribution in [1.82, 2.24) is 9.88 Å². The molecule has 0 bridgehead atoms. The van der Waals surface area contributed by atoms with Crippen LogP contribution in [0, 0.1) is 6.92 Å². The molecule has 1 fully saturated rings. The van der Waals surface area contributed by atoms with Crippen LogP contribution in [0.3, 0.4) is 0 Å². The summed E-state index contributed by atoms with van der Waals surface area (Å²) in [4.78, 5) is 31.6. The smallest absolute Gasteiger partial charge is 0.295 e. The van der Waals surface area contributed by atoms with Crippen LogP contribution in [-0.2, 0) is 16.0 Å². The van der Waals surface area contributed by atoms with Crippen LogP contribution < -0.4 is 9.47 Å². The number of nitrogens with zero attached hydrogens (tertiary/aromatic N) is 1. The normalized spacial score (nSPS) is 16.9. The molecule has 0 saturated carbocycles. The van der Waals surface area contributed by atoms with Gasteiger partial charge in [-0.15, -0.1) is 0 Å². The van der Waals surface area contributed by atoms with Gasteiger partial charge in [0.1, 0.15) is 17.3 Å². The molecule has 1 aliphatic heterocycles. The van der Waals surface area contributed by atoms with Gasteiger partial charge < -0.3 is 24.5 Å². The largest absolute Gasteiger partial charge is 0.507 e. The average molecular weight is 497 g/mol. The Bertz CT molecular complexity index is 1520. The quantitative estimate of drug-likeness (QED) is 0.210. The lowest BCUT2D eigenvalue weighted by Crippen LogP contribution is -2.31. The second kappa shape index (κ2) is 9.85. The molecular weight excluding hydrogens is 468 g/mol. The van der Waals surface area contributed by atoms with Gasteiger partial charge in [0.25, 0.3) is 11.7 Å². The van der Waals surface area contributed by atoms with E-state index in [4.69, 9.17) is 9.47 Å². The minimum absolute atomic E-state index is 0.0382. The number of fused-ring (bicyclic) bond motifs is 1. The Morgan fingerprint density at radius 3 is 2.49 bits per heavy atom. The number of carbonyl (C=O) groups is 2. The molecule has 1 atom stereocenters. The Morgan fingerprint density at radius 2 is 1.76 bits per heavy atom. The number of methoxy groups -OCH3 is 2. The predicted molar refractivity (Wildman–Crippen MR) is 142 cm³/mol. The van der Waals surface area contributed by atoms with Gasteiger partial charge in [0, 0.05) is 40.8 Å². The topological polar surface area (TPSA) is 91.9 Å². The molecule has 1 aliphatic rings. The van der Waals surface area contributed by atoms with Gasteiger partial charge in [-0.1, -0.05) is 48.0 Å². The van der Waals surface area contributed by atoms with Crippen molar-refractivity contribution in [1.29, 1.82) is 0 Å². The van der Waals surface area contributed by atoms with E-state index >= 15 is 0 Å². The minimum Gasteiger partial charge on any atom is -0.507 e. The number of hydrogen-bond donors (Lipinski definition) is 2. The lowest BCUT2D eigenvalue weighted by Gasteiger charge is -2.27. The molecule has 0 radical (unpaired) electrons. The summed E-state index contributed by atoms with van der Waals surface area (Å²) in [6, 6.07) is 19.5. The number of carbonyl (C=O) groups excluding carboxylic acids is 2. The summed E-state index contributed by atoms with van der Waals surface area (Å²) in [7, 11) is 3.08. The Morgan fingerprint density at radius 1 is 1.00 bits per heavy atom. The summed E-state index contributed by atoms with van der Waals surface area (Å²) in [5.41, 5.74) is 4.16. The number of amides is 1. The van der Waals surface area contributed by atoms with E-state index in [9.17, 15) is 14.7 Å². The summed E-state index contributed by atoms with van der Waals surface area (Å²) in [5.74, 6) is -0.555. The van der Waals surface area contributed by atoms with Gasteiger partial charge in [-0.25, -0.2) is 0 Å². The van der Waals surface area contributed by atoms with Crippen LogP contribution in [0.2, 0.25) is 0 Å². The number of H-pyrrole nitrogens is 1. The number of aliphatic hydroxyl groups excluding tert-OH is 1. The van der Waals surface area contributed by atoms with Gasteiger partial charge in [-0.05, 0) is 37.1 Å². The van der Waals surface area contributed by atoms with E-state index < -0.39 is 17.7 Å². The van der Waals surface area contributed by atoms with Crippen LogP contribution in [-0.4, -0.2) is 47.4 Å². The molecule has 1 aromatic heterocycles. The van der Waals surface area contributed by atoms with Gasteiger partial charge >= 0.3 is 0 Å². The molecule has 188 valence electrons. The molecule has 3 aromatic carbocycles. The van der Waals surface area contributed by atoms with E-state index in [1.807, 2.05) is 49.5 Å². The van der Waals surface area contributed by atoms with Crippen molar-refractivity contribution in [2.75, 3.05) is 20.8 Å². The lowest BCUT2D eigenvalue weighted by atomic mass is 9.94. The second-order valence-electron chi connectivity index (χ2n) is 9.08. The lowest BCUT2D eigenvalue weighted by molar-refractivity contribution is -0.139. The first-order valence-electron chi connectivity index (χ1n) is 12.0. The van der Waals surface area contributed by atoms with E-state index in [2.05, 4.69) is 4.98 Å². The Hall–Kier alpha value is -4.52. The number of ketones is 1. The molecule has 0 aliphatic carbocycles. The van der Waals surface area contributed by atoms with Crippen LogP contribution in [0.15, 0.2) is 78.5 Å². The fraction of sp³-hybridized carbons (Fsp3) is 0.200. The molecule has 1 saturated heterocycles. The van der Waals surface area contributed by atoms with Gasteiger partial charge in [-0.3, -0.25) is 9.59 Å². The van der Waals surface area contributed by atoms with E-state index in [1.165, 1.54) is 12.0 Å². The van der Waals surface area contributed by atoms with E-state index in [1.54, 1.807) is 37.4 Å². The zero-order valence-corrected chi connectivity index (χ0v) is 20.9. The zero-order chi connectivity index (χ0) is 26.1. The number of aliphatic hydroxyl groups is 1. The minimum atomic E-state index is -0.827. The van der Waals surface area contributed by atoms with Crippen LogP contribution in [0.4, 0.5) is 0 Å². The highest BCUT2D eigenvalue weighted by atomic mass is 16.5. The second-order valence-corrected chi connectivity index (χ2v) is 9.08. The van der Waals surface area contributed by atoms with Crippen LogP contribution in [0.1, 0.15) is 28.3 Å². The third-order valence-electron chi connectivity index (χ3n) is 6.90. The number of para-hydroxylation sites is 1. The number of hydrogen-bond acceptors (Lipinski definition) is 5. The summed E-state index contributed by atoms with van der Waals surface area (Å²) in [6.45, 7) is 2.21. The highest BCUT2D eigenvalue weighted by molar-refractivity contribution is 6.46. The van der Waals surface area contributed by atoms with Crippen LogP contribution in [0.5, 0.6) is 11.5 Å². The molecule has 4 aromatic rings. The maximum absolute atomic E-state index is 13.4. The van der Waals surface area contributed by atoms with Crippen molar-refractivity contribution in [3.8, 4) is 11.5 Å². The maximum Gasteiger partial charge on any atom is 0.295 e. The van der Waals surface area contributed by atoms with E-state index in [-0.39, 0.29) is 17.9 Å². The monoisotopic (exact) mass is 496 g/mol. The van der Waals surface area contributed by atoms with Crippen molar-refractivity contribution in [3.63, 3.8) is 0 Å². The van der Waals surface area contributed by atoms with Gasteiger partial charge in [0.05, 0.1) is 25.8 Å². The molecule has 1 amide bonds. The van der Waals surface area contributed by atoms with Crippen LogP contribution >= 0.6 is 0 Å². The van der Waals surface area contributed by atoms with E-state index in [0.717, 1.165) is 22.0 Å². The molecule has 5 rings (SSSR count). The number of aryl methyl sites for hydroxylation is 1. The molecular formula is C30H28N2O5. The third-order valence-corrected chi connectivity index (χ3v) is 6.90. The summed E-state index contributed by atoms with van der Waals surface area (Å²) < 4.78 is 11.0. The van der Waals surface area contributed by atoms with Crippen LogP contribution in [0.25, 0.3) is 16.7 Å². The molecule has 7 nitrogen and oxygen atoms in total. The van der Waals surface area contributed by atoms with Crippen molar-refractivity contribution in [2.45, 2.75) is 19.4 Å². The standard InChI is InChI=1S/C30H28N2O5/c1-18-8-10-19(11-9-18)28(33)26-27(23-13-12-21(36-2)16-25(23)37-3)32(30(35)29(26)34)15-14-20-17-31-24-7-5-4-6-22(20)24/h4-13,16-17,27,31,33H,14-15H2,1-3H3/b28-26-.